The summed E-state index contributed by atoms with van der Waals surface area (Å²) in [7, 11) is 0. The fourth-order valence-electron chi connectivity index (χ4n) is 4.30. The summed E-state index contributed by atoms with van der Waals surface area (Å²) >= 11 is 0. The average molecular weight is 512 g/mol. The van der Waals surface area contributed by atoms with Crippen LogP contribution in [-0.2, 0) is 19.1 Å². The zero-order valence-electron chi connectivity index (χ0n) is 19.8. The predicted molar refractivity (Wildman–Crippen MR) is 121 cm³/mol. The van der Waals surface area contributed by atoms with Crippen molar-refractivity contribution in [2.75, 3.05) is 13.2 Å². The largest absolute Gasteiger partial charge is 0.522 e. The monoisotopic (exact) mass is 511 g/mol. The molecule has 1 fully saturated rings. The first-order valence-corrected chi connectivity index (χ1v) is 11.4. The smallest absolute Gasteiger partial charge is 0.364 e. The van der Waals surface area contributed by atoms with E-state index in [1.807, 2.05) is 13.8 Å². The van der Waals surface area contributed by atoms with Crippen LogP contribution in [0.25, 0.3) is 11.0 Å². The number of rotatable bonds is 11. The third-order valence-corrected chi connectivity index (χ3v) is 5.94. The SMILES string of the molecule is CC(C)C[C@@H](C(=O)N[C@@H](C[C@@H]1CCNC1=O)C(=O)COC(F)(F)F)n1c(C(N)=O)cc2ncccc21. The van der Waals surface area contributed by atoms with Crippen LogP contribution < -0.4 is 16.4 Å². The molecule has 3 heterocycles. The van der Waals surface area contributed by atoms with Gasteiger partial charge in [0, 0.05) is 18.7 Å². The summed E-state index contributed by atoms with van der Waals surface area (Å²) in [6.45, 7) is 2.73. The second kappa shape index (κ2) is 11.1. The number of ether oxygens (including phenoxy) is 1. The number of fused-ring (bicyclic) bond motifs is 1. The van der Waals surface area contributed by atoms with Gasteiger partial charge >= 0.3 is 6.36 Å². The Morgan fingerprint density at radius 1 is 1.33 bits per heavy atom. The van der Waals surface area contributed by atoms with Gasteiger partial charge in [-0.15, -0.1) is 13.2 Å². The second-order valence-electron chi connectivity index (χ2n) is 9.09. The number of aromatic nitrogens is 2. The highest BCUT2D eigenvalue weighted by atomic mass is 19.4. The van der Waals surface area contributed by atoms with Crippen LogP contribution in [0.3, 0.4) is 0 Å². The van der Waals surface area contributed by atoms with Crippen molar-refractivity contribution in [2.45, 2.75) is 51.6 Å². The number of ketones is 1. The van der Waals surface area contributed by atoms with E-state index in [1.54, 1.807) is 12.1 Å². The summed E-state index contributed by atoms with van der Waals surface area (Å²) in [5, 5.41) is 5.11. The van der Waals surface area contributed by atoms with E-state index in [2.05, 4.69) is 20.4 Å². The molecule has 3 amide bonds. The van der Waals surface area contributed by atoms with Gasteiger partial charge in [-0.05, 0) is 43.4 Å². The van der Waals surface area contributed by atoms with Gasteiger partial charge in [0.05, 0.1) is 17.1 Å². The number of carbonyl (C=O) groups is 4. The molecule has 10 nitrogen and oxygen atoms in total. The van der Waals surface area contributed by atoms with Crippen molar-refractivity contribution in [3.8, 4) is 0 Å². The molecule has 13 heteroatoms. The van der Waals surface area contributed by atoms with Gasteiger partial charge in [0.25, 0.3) is 5.91 Å². The van der Waals surface area contributed by atoms with Crippen molar-refractivity contribution in [3.05, 3.63) is 30.1 Å². The molecule has 0 saturated carbocycles. The molecular formula is C23H28F3N5O5. The number of halogens is 3. The molecule has 0 aliphatic carbocycles. The summed E-state index contributed by atoms with van der Waals surface area (Å²) in [6.07, 6.45) is -3.13. The molecule has 1 aliphatic heterocycles. The Morgan fingerprint density at radius 3 is 2.64 bits per heavy atom. The van der Waals surface area contributed by atoms with E-state index in [0.717, 1.165) is 0 Å². The Balaban J connectivity index is 1.95. The maximum absolute atomic E-state index is 13.5. The molecule has 2 aromatic heterocycles. The number of Topliss-reactive ketones (excluding diaryl/α,β-unsaturated/α-hetero) is 1. The zero-order valence-corrected chi connectivity index (χ0v) is 19.8. The van der Waals surface area contributed by atoms with Gasteiger partial charge in [-0.1, -0.05) is 13.8 Å². The summed E-state index contributed by atoms with van der Waals surface area (Å²) in [4.78, 5) is 54.7. The second-order valence-corrected chi connectivity index (χ2v) is 9.09. The topological polar surface area (TPSA) is 145 Å². The molecule has 0 unspecified atom stereocenters. The van der Waals surface area contributed by atoms with E-state index >= 15 is 0 Å². The number of nitrogens with zero attached hydrogens (tertiary/aromatic N) is 2. The van der Waals surface area contributed by atoms with E-state index in [-0.39, 0.29) is 30.4 Å². The van der Waals surface area contributed by atoms with Gasteiger partial charge in [0.15, 0.2) is 5.78 Å². The van der Waals surface area contributed by atoms with Crippen LogP contribution in [-0.4, -0.2) is 58.6 Å². The molecule has 196 valence electrons. The lowest BCUT2D eigenvalue weighted by Gasteiger charge is -2.26. The van der Waals surface area contributed by atoms with Crippen LogP contribution in [0.4, 0.5) is 13.2 Å². The molecule has 2 aromatic rings. The van der Waals surface area contributed by atoms with Crippen LogP contribution in [0.2, 0.25) is 0 Å². The molecular weight excluding hydrogens is 483 g/mol. The lowest BCUT2D eigenvalue weighted by Crippen LogP contribution is -2.47. The third-order valence-electron chi connectivity index (χ3n) is 5.94. The Bertz CT molecular complexity index is 1150. The highest BCUT2D eigenvalue weighted by molar-refractivity contribution is 5.99. The van der Waals surface area contributed by atoms with Crippen molar-refractivity contribution in [3.63, 3.8) is 0 Å². The maximum atomic E-state index is 13.5. The summed E-state index contributed by atoms with van der Waals surface area (Å²) in [6, 6.07) is 2.26. The standard InChI is InChI=1S/C23H28F3N5O5/c1-12(2)8-18(31-16-4-3-6-28-14(16)10-17(31)20(27)33)22(35)30-15(9-13-5-7-29-21(13)34)19(32)11-36-23(24,25)26/h3-4,6,10,12-13,15,18H,5,7-9,11H2,1-2H3,(H2,27,33)(H,29,34)(H,30,35)/t13-,15-,18-/m0/s1. The van der Waals surface area contributed by atoms with E-state index in [9.17, 15) is 32.3 Å². The maximum Gasteiger partial charge on any atom is 0.522 e. The Kier molecular flexibility index (Phi) is 8.33. The normalized spacial score (nSPS) is 17.7. The predicted octanol–water partition coefficient (Wildman–Crippen LogP) is 1.84. The first-order chi connectivity index (χ1) is 16.9. The van der Waals surface area contributed by atoms with Crippen molar-refractivity contribution < 1.29 is 37.1 Å². The number of carbonyl (C=O) groups excluding carboxylic acids is 4. The van der Waals surface area contributed by atoms with Crippen LogP contribution in [0.5, 0.6) is 0 Å². The summed E-state index contributed by atoms with van der Waals surface area (Å²) in [5.74, 6) is -3.61. The molecule has 1 saturated heterocycles. The number of nitrogens with two attached hydrogens (primary N) is 1. The van der Waals surface area contributed by atoms with E-state index in [4.69, 9.17) is 5.73 Å². The van der Waals surface area contributed by atoms with E-state index in [1.165, 1.54) is 16.8 Å². The summed E-state index contributed by atoms with van der Waals surface area (Å²) < 4.78 is 42.8. The van der Waals surface area contributed by atoms with Crippen molar-refractivity contribution >= 4 is 34.5 Å². The van der Waals surface area contributed by atoms with Gasteiger partial charge in [-0.25, -0.2) is 0 Å². The number of hydrogen-bond acceptors (Lipinski definition) is 6. The first kappa shape index (κ1) is 27.1. The molecule has 0 radical (unpaired) electrons. The lowest BCUT2D eigenvalue weighted by molar-refractivity contribution is -0.321. The molecule has 3 atom stereocenters. The number of nitrogens with one attached hydrogen (secondary N) is 2. The number of hydrogen-bond donors (Lipinski definition) is 3. The minimum atomic E-state index is -5.04. The van der Waals surface area contributed by atoms with Gasteiger partial charge in [-0.3, -0.25) is 28.9 Å². The Labute approximate surface area is 204 Å². The minimum absolute atomic E-state index is 0.0166. The fraction of sp³-hybridized carbons (Fsp3) is 0.522. The van der Waals surface area contributed by atoms with Gasteiger partial charge in [-0.2, -0.15) is 0 Å². The molecule has 0 spiro atoms. The Hall–Kier alpha value is -3.48. The highest BCUT2D eigenvalue weighted by Crippen LogP contribution is 2.28. The van der Waals surface area contributed by atoms with Crippen molar-refractivity contribution in [1.29, 1.82) is 0 Å². The van der Waals surface area contributed by atoms with E-state index in [0.29, 0.717) is 24.0 Å². The molecule has 4 N–H and O–H groups in total. The van der Waals surface area contributed by atoms with Crippen molar-refractivity contribution in [2.24, 2.45) is 17.6 Å². The van der Waals surface area contributed by atoms with Crippen molar-refractivity contribution in [1.82, 2.24) is 20.2 Å². The van der Waals surface area contributed by atoms with Gasteiger partial charge < -0.3 is 20.9 Å². The zero-order chi connectivity index (χ0) is 26.6. The van der Waals surface area contributed by atoms with Crippen LogP contribution >= 0.6 is 0 Å². The third kappa shape index (κ3) is 6.59. The highest BCUT2D eigenvalue weighted by Gasteiger charge is 2.37. The number of pyridine rings is 1. The van der Waals surface area contributed by atoms with Gasteiger partial charge in [0.2, 0.25) is 11.8 Å². The first-order valence-electron chi connectivity index (χ1n) is 11.4. The summed E-state index contributed by atoms with van der Waals surface area (Å²) in [5.41, 5.74) is 6.44. The minimum Gasteiger partial charge on any atom is -0.364 e. The molecule has 3 rings (SSSR count). The molecule has 0 bridgehead atoms. The van der Waals surface area contributed by atoms with E-state index < -0.39 is 48.6 Å². The van der Waals surface area contributed by atoms with Crippen LogP contribution in [0, 0.1) is 11.8 Å². The lowest BCUT2D eigenvalue weighted by atomic mass is 9.95. The number of alkyl halides is 3. The molecule has 1 aliphatic rings. The average Bonchev–Trinajstić information content (AvgIpc) is 3.38. The Morgan fingerprint density at radius 2 is 2.06 bits per heavy atom. The number of amides is 3. The van der Waals surface area contributed by atoms with Crippen LogP contribution in [0.1, 0.15) is 49.6 Å². The molecule has 36 heavy (non-hydrogen) atoms. The number of primary amides is 1. The van der Waals surface area contributed by atoms with Gasteiger partial charge in [0.1, 0.15) is 18.3 Å². The quantitative estimate of drug-likeness (QED) is 0.420. The molecule has 0 aromatic carbocycles. The fourth-order valence-corrected chi connectivity index (χ4v) is 4.30. The van der Waals surface area contributed by atoms with Crippen LogP contribution in [0.15, 0.2) is 24.4 Å².